The maximum Gasteiger partial charge on any atom is 0.251 e. The minimum Gasteiger partial charge on any atom is -0.391 e. The predicted octanol–water partition coefficient (Wildman–Crippen LogP) is 1.47. The van der Waals surface area contributed by atoms with Crippen molar-refractivity contribution >= 4 is 11.6 Å². The summed E-state index contributed by atoms with van der Waals surface area (Å²) < 4.78 is 0. The highest BCUT2D eigenvalue weighted by Crippen LogP contribution is 2.21. The first kappa shape index (κ1) is 16.3. The lowest BCUT2D eigenvalue weighted by molar-refractivity contribution is 0.0447. The third kappa shape index (κ3) is 3.67. The third-order valence-electron chi connectivity index (χ3n) is 5.09. The highest BCUT2D eigenvalue weighted by molar-refractivity contribution is 5.94. The van der Waals surface area contributed by atoms with Gasteiger partial charge in [0.2, 0.25) is 0 Å². The van der Waals surface area contributed by atoms with Crippen LogP contribution in [0.4, 0.5) is 5.69 Å². The second-order valence-corrected chi connectivity index (χ2v) is 6.89. The van der Waals surface area contributed by atoms with Crippen molar-refractivity contribution in [1.29, 1.82) is 0 Å². The number of piperazine rings is 1. The number of rotatable bonds is 4. The maximum absolute atomic E-state index is 12.2. The number of nitrogens with one attached hydrogen (secondary N) is 1. The molecule has 0 radical (unpaired) electrons. The van der Waals surface area contributed by atoms with Crippen molar-refractivity contribution in [1.82, 2.24) is 10.2 Å². The van der Waals surface area contributed by atoms with Crippen LogP contribution >= 0.6 is 0 Å². The molecule has 2 fully saturated rings. The Morgan fingerprint density at radius 3 is 2.26 bits per heavy atom. The van der Waals surface area contributed by atoms with E-state index in [9.17, 15) is 9.90 Å². The molecule has 5 heteroatoms. The van der Waals surface area contributed by atoms with E-state index >= 15 is 0 Å². The molecule has 0 bridgehead atoms. The number of benzene rings is 1. The van der Waals surface area contributed by atoms with Crippen LogP contribution in [0, 0.1) is 0 Å². The van der Waals surface area contributed by atoms with Gasteiger partial charge in [-0.1, -0.05) is 0 Å². The molecule has 23 heavy (non-hydrogen) atoms. The van der Waals surface area contributed by atoms with Crippen molar-refractivity contribution in [2.75, 3.05) is 31.1 Å². The number of aliphatic hydroxyl groups is 1. The minimum absolute atomic E-state index is 0.0775. The van der Waals surface area contributed by atoms with Crippen LogP contribution in [0.3, 0.4) is 0 Å². The Bertz CT molecular complexity index is 536. The van der Waals surface area contributed by atoms with Crippen LogP contribution in [0.1, 0.15) is 37.0 Å². The molecule has 3 rings (SSSR count). The molecule has 1 heterocycles. The van der Waals surface area contributed by atoms with E-state index in [1.165, 1.54) is 5.69 Å². The van der Waals surface area contributed by atoms with Gasteiger partial charge in [0, 0.05) is 43.5 Å². The minimum atomic E-state index is -0.379. The Labute approximate surface area is 138 Å². The van der Waals surface area contributed by atoms with Gasteiger partial charge in [0.25, 0.3) is 5.91 Å². The van der Waals surface area contributed by atoms with E-state index in [-0.39, 0.29) is 18.1 Å². The SMILES string of the molecule is CC(C)N1CCN(c2ccc(C(=O)N[C@@H]3CC[C@H]3O)cc2)CC1. The zero-order chi connectivity index (χ0) is 16.4. The molecule has 2 aliphatic rings. The van der Waals surface area contributed by atoms with Crippen molar-refractivity contribution in [3.05, 3.63) is 29.8 Å². The lowest BCUT2D eigenvalue weighted by atomic mass is 9.89. The summed E-state index contributed by atoms with van der Waals surface area (Å²) in [6.45, 7) is 8.69. The number of nitrogens with zero attached hydrogens (tertiary/aromatic N) is 2. The molecule has 1 saturated heterocycles. The van der Waals surface area contributed by atoms with Crippen LogP contribution in [0.2, 0.25) is 0 Å². The molecule has 1 aromatic rings. The number of aliphatic hydroxyl groups excluding tert-OH is 1. The smallest absolute Gasteiger partial charge is 0.251 e. The van der Waals surface area contributed by atoms with Gasteiger partial charge in [0.1, 0.15) is 0 Å². The molecule has 2 atom stereocenters. The molecule has 1 saturated carbocycles. The highest BCUT2D eigenvalue weighted by atomic mass is 16.3. The van der Waals surface area contributed by atoms with Crippen molar-refractivity contribution in [3.63, 3.8) is 0 Å². The van der Waals surface area contributed by atoms with Gasteiger partial charge in [-0.25, -0.2) is 0 Å². The quantitative estimate of drug-likeness (QED) is 0.883. The highest BCUT2D eigenvalue weighted by Gasteiger charge is 2.30. The van der Waals surface area contributed by atoms with Gasteiger partial charge in [-0.2, -0.15) is 0 Å². The van der Waals surface area contributed by atoms with Gasteiger partial charge in [0.15, 0.2) is 0 Å². The van der Waals surface area contributed by atoms with Crippen LogP contribution in [0.5, 0.6) is 0 Å². The topological polar surface area (TPSA) is 55.8 Å². The standard InChI is InChI=1S/C18H27N3O2/c1-13(2)20-9-11-21(12-10-20)15-5-3-14(4-6-15)18(23)19-16-7-8-17(16)22/h3-6,13,16-17,22H,7-12H2,1-2H3,(H,19,23)/t16-,17-/m1/s1. The molecule has 1 aliphatic carbocycles. The summed E-state index contributed by atoms with van der Waals surface area (Å²) in [5.74, 6) is -0.0927. The average molecular weight is 317 g/mol. The molecular formula is C18H27N3O2. The van der Waals surface area contributed by atoms with Gasteiger partial charge in [-0.3, -0.25) is 9.69 Å². The number of hydrogen-bond donors (Lipinski definition) is 2. The molecule has 5 nitrogen and oxygen atoms in total. The summed E-state index contributed by atoms with van der Waals surface area (Å²) in [5.41, 5.74) is 1.84. The molecule has 0 aromatic heterocycles. The first-order chi connectivity index (χ1) is 11.0. The van der Waals surface area contributed by atoms with Crippen molar-refractivity contribution in [2.24, 2.45) is 0 Å². The van der Waals surface area contributed by atoms with E-state index in [0.717, 1.165) is 39.0 Å². The molecule has 1 aliphatic heterocycles. The van der Waals surface area contributed by atoms with Crippen molar-refractivity contribution in [3.8, 4) is 0 Å². The molecular weight excluding hydrogens is 290 g/mol. The van der Waals surface area contributed by atoms with E-state index in [2.05, 4.69) is 29.0 Å². The monoisotopic (exact) mass is 317 g/mol. The molecule has 126 valence electrons. The Kier molecular flexibility index (Phi) is 4.87. The largest absolute Gasteiger partial charge is 0.391 e. The summed E-state index contributed by atoms with van der Waals surface area (Å²) in [5, 5.41) is 12.4. The molecule has 2 N–H and O–H groups in total. The van der Waals surface area contributed by atoms with Crippen LogP contribution in [0.15, 0.2) is 24.3 Å². The lowest BCUT2D eigenvalue weighted by Crippen LogP contribution is -2.50. The second kappa shape index (κ2) is 6.89. The predicted molar refractivity (Wildman–Crippen MR) is 91.9 cm³/mol. The van der Waals surface area contributed by atoms with Gasteiger partial charge >= 0.3 is 0 Å². The first-order valence-electron chi connectivity index (χ1n) is 8.62. The van der Waals surface area contributed by atoms with Crippen LogP contribution in [-0.4, -0.2) is 60.3 Å². The Morgan fingerprint density at radius 1 is 1.13 bits per heavy atom. The fourth-order valence-corrected chi connectivity index (χ4v) is 3.22. The van der Waals surface area contributed by atoms with Crippen LogP contribution in [-0.2, 0) is 0 Å². The van der Waals surface area contributed by atoms with E-state index < -0.39 is 0 Å². The fourth-order valence-electron chi connectivity index (χ4n) is 3.22. The van der Waals surface area contributed by atoms with Gasteiger partial charge in [0.05, 0.1) is 12.1 Å². The van der Waals surface area contributed by atoms with Gasteiger partial charge in [-0.05, 0) is 51.0 Å². The number of amides is 1. The van der Waals surface area contributed by atoms with Crippen molar-refractivity contribution in [2.45, 2.75) is 44.9 Å². The zero-order valence-electron chi connectivity index (χ0n) is 14.0. The summed E-state index contributed by atoms with van der Waals surface area (Å²) in [6, 6.07) is 8.33. The Morgan fingerprint density at radius 2 is 1.78 bits per heavy atom. The first-order valence-corrected chi connectivity index (χ1v) is 8.62. The summed E-state index contributed by atoms with van der Waals surface area (Å²) in [7, 11) is 0. The Balaban J connectivity index is 1.56. The van der Waals surface area contributed by atoms with E-state index in [1.807, 2.05) is 24.3 Å². The lowest BCUT2D eigenvalue weighted by Gasteiger charge is -2.38. The van der Waals surface area contributed by atoms with E-state index in [1.54, 1.807) is 0 Å². The number of carbonyl (C=O) groups is 1. The second-order valence-electron chi connectivity index (χ2n) is 6.89. The summed E-state index contributed by atoms with van der Waals surface area (Å²) in [6.07, 6.45) is 1.27. The molecule has 0 spiro atoms. The zero-order valence-corrected chi connectivity index (χ0v) is 14.0. The molecule has 1 amide bonds. The van der Waals surface area contributed by atoms with Gasteiger partial charge < -0.3 is 15.3 Å². The van der Waals surface area contributed by atoms with Crippen LogP contribution in [0.25, 0.3) is 0 Å². The average Bonchev–Trinajstić information content (AvgIpc) is 2.58. The summed E-state index contributed by atoms with van der Waals surface area (Å²) in [4.78, 5) is 17.0. The number of carbonyl (C=O) groups excluding carboxylic acids is 1. The third-order valence-corrected chi connectivity index (χ3v) is 5.09. The number of anilines is 1. The van der Waals surface area contributed by atoms with Gasteiger partial charge in [-0.15, -0.1) is 0 Å². The van der Waals surface area contributed by atoms with E-state index in [4.69, 9.17) is 0 Å². The van der Waals surface area contributed by atoms with Crippen molar-refractivity contribution < 1.29 is 9.90 Å². The normalized spacial score (nSPS) is 25.3. The summed E-state index contributed by atoms with van der Waals surface area (Å²) >= 11 is 0. The molecule has 0 unspecified atom stereocenters. The number of hydrogen-bond acceptors (Lipinski definition) is 4. The molecule has 1 aromatic carbocycles. The maximum atomic E-state index is 12.2. The van der Waals surface area contributed by atoms with Crippen LogP contribution < -0.4 is 10.2 Å². The van der Waals surface area contributed by atoms with E-state index in [0.29, 0.717) is 11.6 Å². The fraction of sp³-hybridized carbons (Fsp3) is 0.611. The Hall–Kier alpha value is -1.59.